The number of amides is 5. The van der Waals surface area contributed by atoms with Crippen molar-refractivity contribution in [3.63, 3.8) is 0 Å². The van der Waals surface area contributed by atoms with Crippen LogP contribution in [0, 0.1) is 12.8 Å². The first-order chi connectivity index (χ1) is 14.8. The molecule has 9 nitrogen and oxygen atoms in total. The Bertz CT molecular complexity index is 1040. The van der Waals surface area contributed by atoms with Crippen molar-refractivity contribution in [2.45, 2.75) is 45.1 Å². The average molecular weight is 424 g/mol. The second-order valence-electron chi connectivity index (χ2n) is 8.24. The number of imide groups is 1. The maximum absolute atomic E-state index is 12.9. The third-order valence-corrected chi connectivity index (χ3v) is 6.00. The van der Waals surface area contributed by atoms with Gasteiger partial charge in [-0.1, -0.05) is 13.0 Å². The van der Waals surface area contributed by atoms with Gasteiger partial charge in [0.05, 0.1) is 6.26 Å². The molecule has 0 radical (unpaired) electrons. The van der Waals surface area contributed by atoms with E-state index < -0.39 is 29.3 Å². The van der Waals surface area contributed by atoms with Gasteiger partial charge in [-0.2, -0.15) is 5.01 Å². The second-order valence-corrected chi connectivity index (χ2v) is 8.24. The molecule has 1 aliphatic carbocycles. The fraction of sp³-hybridized carbons (Fsp3) is 0.364. The number of nitrogens with zero attached hydrogens (tertiary/aromatic N) is 1. The van der Waals surface area contributed by atoms with Gasteiger partial charge in [0.15, 0.2) is 5.76 Å². The Kier molecular flexibility index (Phi) is 5.26. The highest BCUT2D eigenvalue weighted by molar-refractivity contribution is 6.09. The molecule has 162 valence electrons. The van der Waals surface area contributed by atoms with Crippen molar-refractivity contribution >= 4 is 29.4 Å². The molecule has 1 saturated carbocycles. The number of anilines is 1. The largest absolute Gasteiger partial charge is 0.459 e. The van der Waals surface area contributed by atoms with E-state index in [9.17, 15) is 19.2 Å². The van der Waals surface area contributed by atoms with E-state index in [4.69, 9.17) is 4.42 Å². The van der Waals surface area contributed by atoms with Crippen molar-refractivity contribution in [3.05, 3.63) is 53.5 Å². The van der Waals surface area contributed by atoms with Gasteiger partial charge < -0.3 is 15.1 Å². The molecule has 31 heavy (non-hydrogen) atoms. The average Bonchev–Trinajstić information content (AvgIpc) is 3.36. The predicted molar refractivity (Wildman–Crippen MR) is 111 cm³/mol. The van der Waals surface area contributed by atoms with Crippen LogP contribution in [0.1, 0.15) is 59.1 Å². The fourth-order valence-corrected chi connectivity index (χ4v) is 3.97. The standard InChI is InChI=1S/C22H24N4O5/c1-13-7-9-22(10-8-13)20(29)26(21(30)24-22)25-18(27)15-6-5-14(2)16(12-15)23-19(28)17-4-3-11-31-17/h3-6,11-13H,7-10H2,1-2H3,(H,23,28)(H,24,30)(H,25,27). The first-order valence-electron chi connectivity index (χ1n) is 10.2. The molecular weight excluding hydrogens is 400 g/mol. The highest BCUT2D eigenvalue weighted by Gasteiger charge is 2.52. The Morgan fingerprint density at radius 1 is 1.16 bits per heavy atom. The van der Waals surface area contributed by atoms with Crippen LogP contribution in [0.4, 0.5) is 10.5 Å². The van der Waals surface area contributed by atoms with Gasteiger partial charge in [0.2, 0.25) is 0 Å². The van der Waals surface area contributed by atoms with Crippen LogP contribution < -0.4 is 16.1 Å². The van der Waals surface area contributed by atoms with Crippen LogP contribution >= 0.6 is 0 Å². The highest BCUT2D eigenvalue weighted by atomic mass is 16.3. The van der Waals surface area contributed by atoms with Gasteiger partial charge in [0, 0.05) is 11.3 Å². The molecule has 2 fully saturated rings. The number of hydrogen-bond donors (Lipinski definition) is 3. The van der Waals surface area contributed by atoms with Crippen LogP contribution in [0.5, 0.6) is 0 Å². The summed E-state index contributed by atoms with van der Waals surface area (Å²) in [4.78, 5) is 50.4. The molecule has 5 amide bonds. The first-order valence-corrected chi connectivity index (χ1v) is 10.2. The third kappa shape index (κ3) is 3.90. The van der Waals surface area contributed by atoms with Gasteiger partial charge in [0.1, 0.15) is 5.54 Å². The maximum Gasteiger partial charge on any atom is 0.344 e. The maximum atomic E-state index is 12.9. The Hall–Kier alpha value is -3.62. The normalized spacial score (nSPS) is 23.0. The van der Waals surface area contributed by atoms with E-state index in [0.717, 1.165) is 23.4 Å². The SMILES string of the molecule is Cc1ccc(C(=O)NN2C(=O)NC3(CCC(C)CC3)C2=O)cc1NC(=O)c1ccco1. The summed E-state index contributed by atoms with van der Waals surface area (Å²) in [6, 6.07) is 7.21. The topological polar surface area (TPSA) is 121 Å². The molecule has 1 aromatic heterocycles. The van der Waals surface area contributed by atoms with Crippen molar-refractivity contribution in [3.8, 4) is 0 Å². The van der Waals surface area contributed by atoms with Crippen molar-refractivity contribution in [2.75, 3.05) is 5.32 Å². The molecular formula is C22H24N4O5. The van der Waals surface area contributed by atoms with Crippen LogP contribution in [0.25, 0.3) is 0 Å². The number of aryl methyl sites for hydroxylation is 1. The molecule has 1 saturated heterocycles. The molecule has 2 aliphatic rings. The van der Waals surface area contributed by atoms with Crippen LogP contribution in [0.2, 0.25) is 0 Å². The number of carbonyl (C=O) groups is 4. The lowest BCUT2D eigenvalue weighted by Crippen LogP contribution is -2.51. The number of urea groups is 1. The van der Waals surface area contributed by atoms with Crippen LogP contribution in [-0.4, -0.2) is 34.3 Å². The van der Waals surface area contributed by atoms with Gasteiger partial charge in [-0.3, -0.25) is 19.8 Å². The Balaban J connectivity index is 1.48. The summed E-state index contributed by atoms with van der Waals surface area (Å²) in [6.07, 6.45) is 4.18. The molecule has 0 unspecified atom stereocenters. The molecule has 4 rings (SSSR count). The third-order valence-electron chi connectivity index (χ3n) is 6.00. The van der Waals surface area contributed by atoms with E-state index in [0.29, 0.717) is 24.4 Å². The predicted octanol–water partition coefficient (Wildman–Crippen LogP) is 2.99. The van der Waals surface area contributed by atoms with Crippen LogP contribution in [0.3, 0.4) is 0 Å². The number of rotatable bonds is 4. The molecule has 1 aliphatic heterocycles. The van der Waals surface area contributed by atoms with Crippen molar-refractivity contribution < 1.29 is 23.6 Å². The van der Waals surface area contributed by atoms with E-state index in [1.54, 1.807) is 25.1 Å². The van der Waals surface area contributed by atoms with Crippen molar-refractivity contribution in [2.24, 2.45) is 5.92 Å². The molecule has 2 aromatic rings. The van der Waals surface area contributed by atoms with Gasteiger partial charge in [-0.15, -0.1) is 0 Å². The lowest BCUT2D eigenvalue weighted by molar-refractivity contribution is -0.134. The van der Waals surface area contributed by atoms with Crippen molar-refractivity contribution in [1.29, 1.82) is 0 Å². The van der Waals surface area contributed by atoms with Gasteiger partial charge in [-0.05, 0) is 68.4 Å². The number of hydrazine groups is 1. The summed E-state index contributed by atoms with van der Waals surface area (Å²) in [7, 11) is 0. The summed E-state index contributed by atoms with van der Waals surface area (Å²) >= 11 is 0. The van der Waals surface area contributed by atoms with Gasteiger partial charge >= 0.3 is 6.03 Å². The zero-order valence-electron chi connectivity index (χ0n) is 17.4. The molecule has 0 atom stereocenters. The second kappa shape index (κ2) is 7.90. The zero-order valence-corrected chi connectivity index (χ0v) is 17.4. The zero-order chi connectivity index (χ0) is 22.2. The summed E-state index contributed by atoms with van der Waals surface area (Å²) < 4.78 is 5.08. The molecule has 9 heteroatoms. The van der Waals surface area contributed by atoms with Crippen molar-refractivity contribution in [1.82, 2.24) is 15.8 Å². The fourth-order valence-electron chi connectivity index (χ4n) is 3.97. The smallest absolute Gasteiger partial charge is 0.344 e. The molecule has 0 bridgehead atoms. The van der Waals surface area contributed by atoms with E-state index in [1.165, 1.54) is 18.4 Å². The van der Waals surface area contributed by atoms with Crippen LogP contribution in [-0.2, 0) is 4.79 Å². The summed E-state index contributed by atoms with van der Waals surface area (Å²) in [5.41, 5.74) is 2.82. The highest BCUT2D eigenvalue weighted by Crippen LogP contribution is 2.35. The minimum Gasteiger partial charge on any atom is -0.459 e. The number of hydrogen-bond acceptors (Lipinski definition) is 5. The number of benzene rings is 1. The van der Waals surface area contributed by atoms with E-state index in [1.807, 2.05) is 0 Å². The Morgan fingerprint density at radius 2 is 1.90 bits per heavy atom. The van der Waals surface area contributed by atoms with E-state index >= 15 is 0 Å². The number of carbonyl (C=O) groups excluding carboxylic acids is 4. The van der Waals surface area contributed by atoms with Gasteiger partial charge in [-0.25, -0.2) is 4.79 Å². The molecule has 3 N–H and O–H groups in total. The van der Waals surface area contributed by atoms with E-state index in [2.05, 4.69) is 23.0 Å². The molecule has 1 aromatic carbocycles. The van der Waals surface area contributed by atoms with Gasteiger partial charge in [0.25, 0.3) is 17.7 Å². The Labute approximate surface area is 179 Å². The summed E-state index contributed by atoms with van der Waals surface area (Å²) in [6.45, 7) is 3.90. The quantitative estimate of drug-likeness (QED) is 0.652. The summed E-state index contributed by atoms with van der Waals surface area (Å²) in [5.74, 6) is -0.871. The molecule has 1 spiro atoms. The lowest BCUT2D eigenvalue weighted by Gasteiger charge is -2.33. The first kappa shape index (κ1) is 20.6. The van der Waals surface area contributed by atoms with E-state index in [-0.39, 0.29) is 11.3 Å². The molecule has 2 heterocycles. The summed E-state index contributed by atoms with van der Waals surface area (Å²) in [5, 5.41) is 6.22. The van der Waals surface area contributed by atoms with Crippen LogP contribution in [0.15, 0.2) is 41.0 Å². The number of furan rings is 1. The number of nitrogens with one attached hydrogen (secondary N) is 3. The lowest BCUT2D eigenvalue weighted by atomic mass is 9.77. The monoisotopic (exact) mass is 424 g/mol. The minimum atomic E-state index is -0.938. The Morgan fingerprint density at radius 3 is 2.58 bits per heavy atom. The minimum absolute atomic E-state index is 0.140.